The summed E-state index contributed by atoms with van der Waals surface area (Å²) in [4.78, 5) is 0. The fourth-order valence-corrected chi connectivity index (χ4v) is 47.2. The molecule has 2 bridgehead atoms. The van der Waals surface area contributed by atoms with E-state index in [9.17, 15) is 0 Å². The quantitative estimate of drug-likeness (QED) is 0.337. The minimum atomic E-state index is -3.54. The Kier molecular flexibility index (Phi) is 11.4. The van der Waals surface area contributed by atoms with Gasteiger partial charge in [0.2, 0.25) is 0 Å². The molecule has 11 nitrogen and oxygen atoms in total. The molecule has 0 N–H and O–H groups in total. The summed E-state index contributed by atoms with van der Waals surface area (Å²) >= 11 is 0. The number of rotatable bonds is 8. The van der Waals surface area contributed by atoms with Crippen LogP contribution < -0.4 is 0 Å². The fraction of sp³-hybridized carbons (Fsp3) is 1.00. The van der Waals surface area contributed by atoms with Crippen molar-refractivity contribution in [3.8, 4) is 0 Å². The second-order valence-electron chi connectivity index (χ2n) is 13.4. The van der Waals surface area contributed by atoms with Crippen LogP contribution in [-0.2, 0) is 45.6 Å². The molecule has 0 saturated carbocycles. The zero-order chi connectivity index (χ0) is 29.6. The van der Waals surface area contributed by atoms with Crippen LogP contribution in [-0.4, -0.2) is 93.5 Å². The summed E-state index contributed by atoms with van der Waals surface area (Å²) in [6.07, 6.45) is 0.414. The first-order valence-electron chi connectivity index (χ1n) is 13.2. The Morgan fingerprint density at radius 1 is 0.632 bits per heavy atom. The van der Waals surface area contributed by atoms with Crippen molar-refractivity contribution in [2.75, 3.05) is 6.23 Å². The summed E-state index contributed by atoms with van der Waals surface area (Å²) in [6, 6.07) is 0. The fourth-order valence-electron chi connectivity index (χ4n) is 4.63. The first-order valence-corrected chi connectivity index (χ1v) is 39.1. The minimum absolute atomic E-state index is 0.414. The standard InChI is InChI=1S/C17H52O11Si10/c1-29-17-18-34(12,22-32(6,7)8)24-38(16)26-35(13,19-29)25-36(14,21-30(2)20-31(3,4)5)27-37(15,28-38)23-33(9,10)11/h29-30H,17H2,1-16H3. The average Bonchev–Trinajstić information content (AvgIpc) is 2.53. The van der Waals surface area contributed by atoms with Crippen molar-refractivity contribution in [1.82, 2.24) is 0 Å². The van der Waals surface area contributed by atoms with Gasteiger partial charge in [-0.1, -0.05) is 0 Å². The molecule has 2 fully saturated rings. The smallest absolute Gasteiger partial charge is 0.439 e. The molecule has 7 atom stereocenters. The maximum atomic E-state index is 6.83. The van der Waals surface area contributed by atoms with Crippen LogP contribution in [0.25, 0.3) is 0 Å². The molecular formula is C17H52O11Si10. The van der Waals surface area contributed by atoms with E-state index in [4.69, 9.17) is 45.6 Å². The Labute approximate surface area is 242 Å². The third kappa shape index (κ3) is 12.1. The molecule has 0 aromatic carbocycles. The second kappa shape index (κ2) is 12.0. The van der Waals surface area contributed by atoms with Gasteiger partial charge in [0.05, 0.1) is 6.23 Å². The normalized spacial score (nSPS) is 40.9. The van der Waals surface area contributed by atoms with E-state index in [-0.39, 0.29) is 0 Å². The zero-order valence-corrected chi connectivity index (χ0v) is 36.7. The van der Waals surface area contributed by atoms with E-state index in [1.165, 1.54) is 0 Å². The largest absolute Gasteiger partial charge is 0.479 e. The lowest BCUT2D eigenvalue weighted by molar-refractivity contribution is 0.0798. The Balaban J connectivity index is 2.59. The van der Waals surface area contributed by atoms with Crippen molar-refractivity contribution in [2.24, 2.45) is 0 Å². The molecule has 2 rings (SSSR count). The predicted molar refractivity (Wildman–Crippen MR) is 171 cm³/mol. The summed E-state index contributed by atoms with van der Waals surface area (Å²) in [6.45, 7) is 32.6. The number of hydrogen-bond acceptors (Lipinski definition) is 11. The zero-order valence-electron chi connectivity index (χ0n) is 26.4. The number of fused-ring (bicyclic) bond motifs is 2. The SMILES string of the molecule is C[SiH]1CO[Si](C)(O[Si](C)(C)C)O[Si]2(C)O[Si](C)(O1)O[Si](C)(O[SiH](C)O[Si](C)(C)C)O[Si](C)(O[Si](C)(C)C)O2. The lowest BCUT2D eigenvalue weighted by Gasteiger charge is -2.49. The van der Waals surface area contributed by atoms with Crippen molar-refractivity contribution in [1.29, 1.82) is 0 Å². The molecule has 226 valence electrons. The van der Waals surface area contributed by atoms with Crippen LogP contribution in [0.2, 0.25) is 105 Å². The van der Waals surface area contributed by atoms with Gasteiger partial charge in [-0.15, -0.1) is 0 Å². The van der Waals surface area contributed by atoms with Gasteiger partial charge in [-0.25, -0.2) is 0 Å². The van der Waals surface area contributed by atoms with Gasteiger partial charge in [-0.3, -0.25) is 0 Å². The summed E-state index contributed by atoms with van der Waals surface area (Å²) in [7, 11) is -27.0. The van der Waals surface area contributed by atoms with Crippen LogP contribution in [0.15, 0.2) is 0 Å². The first-order chi connectivity index (χ1) is 16.7. The van der Waals surface area contributed by atoms with Gasteiger partial charge in [0, 0.05) is 32.7 Å². The van der Waals surface area contributed by atoms with E-state index >= 15 is 0 Å². The number of hydrogen-bond donors (Lipinski definition) is 0. The molecule has 0 radical (unpaired) electrons. The van der Waals surface area contributed by atoms with Crippen molar-refractivity contribution in [3.63, 3.8) is 0 Å². The lowest BCUT2D eigenvalue weighted by atomic mass is 11.7. The molecule has 0 aromatic rings. The van der Waals surface area contributed by atoms with Crippen molar-refractivity contribution in [2.45, 2.75) is 105 Å². The highest BCUT2D eigenvalue weighted by Gasteiger charge is 2.66. The summed E-state index contributed by atoms with van der Waals surface area (Å²) in [5.74, 6) is 0. The van der Waals surface area contributed by atoms with Crippen LogP contribution in [0, 0.1) is 0 Å². The van der Waals surface area contributed by atoms with E-state index in [0.717, 1.165) is 0 Å². The van der Waals surface area contributed by atoms with Crippen molar-refractivity contribution >= 4 is 87.3 Å². The predicted octanol–water partition coefficient (Wildman–Crippen LogP) is 4.29. The summed E-state index contributed by atoms with van der Waals surface area (Å²) < 4.78 is 73.1. The van der Waals surface area contributed by atoms with Crippen LogP contribution in [0.4, 0.5) is 0 Å². The molecule has 0 spiro atoms. The van der Waals surface area contributed by atoms with Gasteiger partial charge in [0.1, 0.15) is 0 Å². The molecule has 38 heavy (non-hydrogen) atoms. The van der Waals surface area contributed by atoms with Gasteiger partial charge < -0.3 is 45.6 Å². The monoisotopic (exact) mass is 712 g/mol. The molecule has 2 aliphatic rings. The topological polar surface area (TPSA) is 102 Å². The van der Waals surface area contributed by atoms with Gasteiger partial charge in [-0.05, 0) is 72.0 Å². The van der Waals surface area contributed by atoms with Gasteiger partial charge in [0.25, 0.3) is 0 Å². The van der Waals surface area contributed by atoms with Gasteiger partial charge in [-0.2, -0.15) is 0 Å². The van der Waals surface area contributed by atoms with Gasteiger partial charge in [0.15, 0.2) is 34.0 Å². The van der Waals surface area contributed by atoms with Crippen LogP contribution in [0.1, 0.15) is 0 Å². The minimum Gasteiger partial charge on any atom is -0.439 e. The third-order valence-electron chi connectivity index (χ3n) is 4.73. The maximum absolute atomic E-state index is 6.83. The van der Waals surface area contributed by atoms with E-state index in [2.05, 4.69) is 65.5 Å². The molecular weight excluding hydrogens is 661 g/mol. The highest BCUT2D eigenvalue weighted by atomic mass is 28.6. The second-order valence-corrected chi connectivity index (χ2v) is 46.6. The Morgan fingerprint density at radius 2 is 1.11 bits per heavy atom. The molecule has 0 amide bonds. The molecule has 0 aromatic heterocycles. The van der Waals surface area contributed by atoms with Crippen LogP contribution in [0.3, 0.4) is 0 Å². The first kappa shape index (κ1) is 35.9. The molecule has 21 heteroatoms. The highest BCUT2D eigenvalue weighted by molar-refractivity contribution is 6.95. The van der Waals surface area contributed by atoms with E-state index < -0.39 is 87.3 Å². The molecule has 2 heterocycles. The summed E-state index contributed by atoms with van der Waals surface area (Å²) in [5, 5.41) is 0. The van der Waals surface area contributed by atoms with Crippen molar-refractivity contribution < 1.29 is 45.6 Å². The van der Waals surface area contributed by atoms with E-state index in [1.54, 1.807) is 0 Å². The maximum Gasteiger partial charge on any atom is 0.479 e. The average molecular weight is 713 g/mol. The molecule has 0 aliphatic carbocycles. The van der Waals surface area contributed by atoms with E-state index in [0.29, 0.717) is 6.23 Å². The Morgan fingerprint density at radius 3 is 1.61 bits per heavy atom. The lowest BCUT2D eigenvalue weighted by Crippen LogP contribution is -2.73. The van der Waals surface area contributed by atoms with E-state index in [1.807, 2.05) is 39.3 Å². The van der Waals surface area contributed by atoms with Gasteiger partial charge >= 0.3 is 53.3 Å². The summed E-state index contributed by atoms with van der Waals surface area (Å²) in [5.41, 5.74) is 0. The molecule has 2 saturated heterocycles. The van der Waals surface area contributed by atoms with Crippen LogP contribution >= 0.6 is 0 Å². The molecule has 2 aliphatic heterocycles. The van der Waals surface area contributed by atoms with Crippen LogP contribution in [0.5, 0.6) is 0 Å². The highest BCUT2D eigenvalue weighted by Crippen LogP contribution is 2.37. The molecule has 7 unspecified atom stereocenters. The third-order valence-corrected chi connectivity index (χ3v) is 39.6. The Hall–Kier alpha value is 1.73. The van der Waals surface area contributed by atoms with Crippen molar-refractivity contribution in [3.05, 3.63) is 0 Å². The Bertz CT molecular complexity index is 828.